The van der Waals surface area contributed by atoms with Crippen molar-refractivity contribution in [2.75, 3.05) is 6.61 Å². The Labute approximate surface area is 233 Å². The number of aliphatic hydroxyl groups is 4. The van der Waals surface area contributed by atoms with Crippen LogP contribution in [0.2, 0.25) is 0 Å². The molecule has 3 fully saturated rings. The van der Waals surface area contributed by atoms with Gasteiger partial charge in [-0.05, 0) is 19.4 Å². The van der Waals surface area contributed by atoms with Gasteiger partial charge in [-0.15, -0.1) is 0 Å². The number of amides is 1. The molecule has 3 aliphatic carbocycles. The number of carbonyl (C=O) groups is 4. The molecule has 0 spiro atoms. The van der Waals surface area contributed by atoms with Crippen molar-refractivity contribution in [3.05, 3.63) is 11.1 Å². The van der Waals surface area contributed by atoms with E-state index in [-0.39, 0.29) is 31.4 Å². The zero-order valence-corrected chi connectivity index (χ0v) is 24.0. The van der Waals surface area contributed by atoms with Crippen LogP contribution in [0.5, 0.6) is 0 Å². The molecule has 2 saturated carbocycles. The predicted octanol–water partition coefficient (Wildman–Crippen LogP) is -0.317. The predicted molar refractivity (Wildman–Crippen MR) is 137 cm³/mol. The third-order valence-electron chi connectivity index (χ3n) is 9.89. The Bertz CT molecular complexity index is 1150. The molecule has 40 heavy (non-hydrogen) atoms. The molecule has 1 unspecified atom stereocenters. The first-order valence-corrected chi connectivity index (χ1v) is 13.6. The van der Waals surface area contributed by atoms with Gasteiger partial charge in [0.05, 0.1) is 24.9 Å². The molecule has 5 N–H and O–H groups in total. The molecule has 1 saturated heterocycles. The number of aliphatic hydroxyl groups excluding tert-OH is 2. The van der Waals surface area contributed by atoms with E-state index in [2.05, 4.69) is 5.32 Å². The standard InChI is InChI=1S/C28H41NO11/c1-12-17(40-24(35)21(34)13(2)29-14(3)30)10-28(37)23(39-15(4)31)22-26(7,9-16(32)20(12)25(28,5)6)18(33)8-19-27(22,36)11-38-19/h13,17-19,21-23,33-34,36-37H,8-11H2,1-7H3,(H,29,30)/t13-,17?,18-,19+,21+,22-,23-,26+,27-,28+/m0/s1. The molecule has 1 aliphatic heterocycles. The van der Waals surface area contributed by atoms with Crippen molar-refractivity contribution >= 4 is 23.6 Å². The minimum atomic E-state index is -2.07. The van der Waals surface area contributed by atoms with E-state index in [4.69, 9.17) is 14.2 Å². The van der Waals surface area contributed by atoms with Gasteiger partial charge in [0.15, 0.2) is 11.9 Å². The maximum atomic E-state index is 14.0. The summed E-state index contributed by atoms with van der Waals surface area (Å²) in [5.74, 6) is -3.81. The van der Waals surface area contributed by atoms with Crippen LogP contribution in [0, 0.1) is 16.7 Å². The Hall–Kier alpha value is -2.38. The Morgan fingerprint density at radius 3 is 2.27 bits per heavy atom. The summed E-state index contributed by atoms with van der Waals surface area (Å²) >= 11 is 0. The van der Waals surface area contributed by atoms with Crippen molar-refractivity contribution in [1.82, 2.24) is 5.32 Å². The van der Waals surface area contributed by atoms with Crippen molar-refractivity contribution in [2.45, 2.75) is 115 Å². The minimum Gasteiger partial charge on any atom is -0.459 e. The van der Waals surface area contributed by atoms with Gasteiger partial charge in [0, 0.05) is 55.4 Å². The second kappa shape index (κ2) is 9.87. The SMILES string of the molecule is CC(=O)N[C@@H](C)[C@@H](O)C(=O)OC1C[C@@]2(O)[C@@H](OC(C)=O)[C@H]3[C@](C)(CC(=O)C(=C1C)C2(C)C)[C@@H](O)C[C@H]1OC[C@]13O. The number of nitrogens with one attached hydrogen (secondary N) is 1. The smallest absolute Gasteiger partial charge is 0.337 e. The summed E-state index contributed by atoms with van der Waals surface area (Å²) in [4.78, 5) is 50.9. The summed E-state index contributed by atoms with van der Waals surface area (Å²) in [5.41, 5.74) is -5.81. The van der Waals surface area contributed by atoms with Crippen LogP contribution in [0.3, 0.4) is 0 Å². The number of ether oxygens (including phenoxy) is 3. The van der Waals surface area contributed by atoms with Crippen LogP contribution in [0.4, 0.5) is 0 Å². The Morgan fingerprint density at radius 2 is 1.75 bits per heavy atom. The number of hydrogen-bond donors (Lipinski definition) is 5. The highest BCUT2D eigenvalue weighted by atomic mass is 16.6. The minimum absolute atomic E-state index is 0.0635. The fourth-order valence-corrected chi connectivity index (χ4v) is 7.62. The van der Waals surface area contributed by atoms with Crippen molar-refractivity contribution < 1.29 is 53.8 Å². The molecule has 1 amide bonds. The van der Waals surface area contributed by atoms with Gasteiger partial charge in [0.1, 0.15) is 23.4 Å². The Kier molecular flexibility index (Phi) is 7.54. The van der Waals surface area contributed by atoms with E-state index in [1.54, 1.807) is 27.7 Å². The third-order valence-corrected chi connectivity index (χ3v) is 9.89. The molecule has 0 aromatic heterocycles. The zero-order valence-electron chi connectivity index (χ0n) is 24.0. The maximum absolute atomic E-state index is 14.0. The second-order valence-corrected chi connectivity index (χ2v) is 12.8. The van der Waals surface area contributed by atoms with Crippen molar-refractivity contribution in [1.29, 1.82) is 0 Å². The fourth-order valence-electron chi connectivity index (χ4n) is 7.62. The monoisotopic (exact) mass is 567 g/mol. The zero-order chi connectivity index (χ0) is 30.2. The maximum Gasteiger partial charge on any atom is 0.337 e. The number of Topliss-reactive ketones (excluding diaryl/α,β-unsaturated/α-hetero) is 1. The molecule has 4 rings (SSSR count). The van der Waals surface area contributed by atoms with E-state index in [0.29, 0.717) is 5.57 Å². The topological polar surface area (TPSA) is 189 Å². The van der Waals surface area contributed by atoms with Gasteiger partial charge in [-0.1, -0.05) is 20.8 Å². The molecule has 0 aromatic carbocycles. The van der Waals surface area contributed by atoms with Crippen LogP contribution >= 0.6 is 0 Å². The lowest BCUT2D eigenvalue weighted by atomic mass is 9.45. The van der Waals surface area contributed by atoms with Crippen LogP contribution in [-0.2, 0) is 33.4 Å². The molecule has 2 bridgehead atoms. The number of esters is 2. The first-order valence-electron chi connectivity index (χ1n) is 13.6. The third kappa shape index (κ3) is 4.39. The number of ketones is 1. The molecule has 12 heteroatoms. The highest BCUT2D eigenvalue weighted by molar-refractivity contribution is 5.99. The molecule has 12 nitrogen and oxygen atoms in total. The number of carbonyl (C=O) groups excluding carboxylic acids is 4. The molecule has 10 atom stereocenters. The van der Waals surface area contributed by atoms with E-state index in [1.807, 2.05) is 0 Å². The molecule has 4 aliphatic rings. The average Bonchev–Trinajstić information content (AvgIpc) is 2.81. The van der Waals surface area contributed by atoms with Crippen molar-refractivity contribution in [3.63, 3.8) is 0 Å². The van der Waals surface area contributed by atoms with Crippen LogP contribution < -0.4 is 5.32 Å². The van der Waals surface area contributed by atoms with Crippen molar-refractivity contribution in [2.24, 2.45) is 16.7 Å². The average molecular weight is 568 g/mol. The van der Waals surface area contributed by atoms with Gasteiger partial charge in [0.2, 0.25) is 5.91 Å². The lowest BCUT2D eigenvalue weighted by Crippen LogP contribution is -2.79. The summed E-state index contributed by atoms with van der Waals surface area (Å²) in [5, 5.41) is 48.6. The lowest BCUT2D eigenvalue weighted by Gasteiger charge is -2.66. The van der Waals surface area contributed by atoms with Gasteiger partial charge in [-0.25, -0.2) is 4.79 Å². The molecular formula is C28H41NO11. The highest BCUT2D eigenvalue weighted by Gasteiger charge is 2.74. The van der Waals surface area contributed by atoms with Gasteiger partial charge < -0.3 is 40.0 Å². The fraction of sp³-hybridized carbons (Fsp3) is 0.786. The van der Waals surface area contributed by atoms with Crippen LogP contribution in [0.1, 0.15) is 67.7 Å². The number of fused-ring (bicyclic) bond motifs is 5. The highest BCUT2D eigenvalue weighted by Crippen LogP contribution is 2.63. The molecule has 0 aromatic rings. The van der Waals surface area contributed by atoms with Gasteiger partial charge in [-0.3, -0.25) is 14.4 Å². The normalized spacial score (nSPS) is 41.7. The van der Waals surface area contributed by atoms with Crippen LogP contribution in [0.15, 0.2) is 11.1 Å². The van der Waals surface area contributed by atoms with Gasteiger partial charge >= 0.3 is 11.9 Å². The van der Waals surface area contributed by atoms with Crippen LogP contribution in [0.25, 0.3) is 0 Å². The largest absolute Gasteiger partial charge is 0.459 e. The lowest BCUT2D eigenvalue weighted by molar-refractivity contribution is -0.349. The van der Waals surface area contributed by atoms with E-state index in [0.717, 1.165) is 6.92 Å². The summed E-state index contributed by atoms with van der Waals surface area (Å²) in [6.07, 6.45) is -6.79. The Balaban J connectivity index is 1.86. The summed E-state index contributed by atoms with van der Waals surface area (Å²) < 4.78 is 17.0. The second-order valence-electron chi connectivity index (χ2n) is 12.8. The van der Waals surface area contributed by atoms with Crippen LogP contribution in [-0.4, -0.2) is 98.4 Å². The Morgan fingerprint density at radius 1 is 1.12 bits per heavy atom. The van der Waals surface area contributed by atoms with E-state index < -0.39 is 88.1 Å². The van der Waals surface area contributed by atoms with E-state index in [1.165, 1.54) is 13.8 Å². The van der Waals surface area contributed by atoms with E-state index in [9.17, 15) is 39.6 Å². The molecule has 0 radical (unpaired) electrons. The van der Waals surface area contributed by atoms with E-state index >= 15 is 0 Å². The first-order chi connectivity index (χ1) is 18.3. The summed E-state index contributed by atoms with van der Waals surface area (Å²) in [6.45, 7) is 10.2. The summed E-state index contributed by atoms with van der Waals surface area (Å²) in [7, 11) is 0. The molecular weight excluding hydrogens is 526 g/mol. The number of hydrogen-bond acceptors (Lipinski definition) is 11. The molecule has 1 heterocycles. The first kappa shape index (κ1) is 30.6. The van der Waals surface area contributed by atoms with Gasteiger partial charge in [0.25, 0.3) is 0 Å². The molecule has 224 valence electrons. The quantitative estimate of drug-likeness (QED) is 0.274. The van der Waals surface area contributed by atoms with Gasteiger partial charge in [-0.2, -0.15) is 0 Å². The summed E-state index contributed by atoms with van der Waals surface area (Å²) in [6, 6.07) is -0.976. The number of rotatable bonds is 5. The van der Waals surface area contributed by atoms with Crippen molar-refractivity contribution in [3.8, 4) is 0 Å².